The molecular weight excluding hydrogens is 334 g/mol. The molecule has 0 radical (unpaired) electrons. The fourth-order valence-electron chi connectivity index (χ4n) is 2.38. The summed E-state index contributed by atoms with van der Waals surface area (Å²) in [6.45, 7) is 1.13. The molecule has 5 heteroatoms. The minimum Gasteiger partial charge on any atom is -0.469 e. The predicted octanol–water partition coefficient (Wildman–Crippen LogP) is 2.87. The van der Waals surface area contributed by atoms with E-state index in [9.17, 15) is 9.59 Å². The van der Waals surface area contributed by atoms with Gasteiger partial charge in [-0.05, 0) is 36.6 Å². The summed E-state index contributed by atoms with van der Waals surface area (Å²) in [7, 11) is 1.39. The van der Waals surface area contributed by atoms with Crippen LogP contribution in [0.2, 0.25) is 0 Å². The molecule has 1 heterocycles. The molecule has 1 atom stereocenters. The maximum absolute atomic E-state index is 12.2. The molecule has 0 spiro atoms. The highest BCUT2D eigenvalue weighted by molar-refractivity contribution is 9.10. The zero-order chi connectivity index (χ0) is 15.2. The van der Waals surface area contributed by atoms with Gasteiger partial charge in [0.2, 0.25) is 5.91 Å². The van der Waals surface area contributed by atoms with E-state index in [2.05, 4.69) is 15.9 Å². The Morgan fingerprint density at radius 2 is 2.05 bits per heavy atom. The second-order valence-corrected chi connectivity index (χ2v) is 5.95. The van der Waals surface area contributed by atoms with Crippen molar-refractivity contribution in [2.45, 2.75) is 12.8 Å². The Morgan fingerprint density at radius 3 is 2.71 bits per heavy atom. The number of amides is 1. The molecule has 2 rings (SSSR count). The Morgan fingerprint density at radius 1 is 1.33 bits per heavy atom. The highest BCUT2D eigenvalue weighted by atomic mass is 79.9. The lowest BCUT2D eigenvalue weighted by Crippen LogP contribution is -2.41. The van der Waals surface area contributed by atoms with Crippen molar-refractivity contribution in [1.82, 2.24) is 4.90 Å². The van der Waals surface area contributed by atoms with Gasteiger partial charge >= 0.3 is 5.97 Å². The molecule has 0 N–H and O–H groups in total. The van der Waals surface area contributed by atoms with Crippen LogP contribution in [0, 0.1) is 5.92 Å². The van der Waals surface area contributed by atoms with E-state index in [0.29, 0.717) is 13.1 Å². The molecule has 1 unspecified atom stereocenters. The number of carbonyl (C=O) groups excluding carboxylic acids is 2. The van der Waals surface area contributed by atoms with Gasteiger partial charge in [-0.2, -0.15) is 0 Å². The van der Waals surface area contributed by atoms with Crippen LogP contribution < -0.4 is 0 Å². The average Bonchev–Trinajstić information content (AvgIpc) is 2.53. The Balaban J connectivity index is 1.96. The van der Waals surface area contributed by atoms with Gasteiger partial charge in [-0.3, -0.25) is 9.59 Å². The lowest BCUT2D eigenvalue weighted by Gasteiger charge is -2.30. The van der Waals surface area contributed by atoms with Crippen molar-refractivity contribution in [2.24, 2.45) is 5.92 Å². The summed E-state index contributed by atoms with van der Waals surface area (Å²) in [5.41, 5.74) is 0.966. The third-order valence-electron chi connectivity index (χ3n) is 3.56. The number of rotatable bonds is 3. The standard InChI is InChI=1S/C16H18BrNO3/c1-21-16(20)13-3-2-10-18(11-13)15(19)9-6-12-4-7-14(17)8-5-12/h4-9,13H,2-3,10-11H2,1H3/b9-6+. The largest absolute Gasteiger partial charge is 0.469 e. The molecule has 1 aromatic carbocycles. The third-order valence-corrected chi connectivity index (χ3v) is 4.08. The van der Waals surface area contributed by atoms with Crippen molar-refractivity contribution in [3.63, 3.8) is 0 Å². The van der Waals surface area contributed by atoms with Gasteiger partial charge in [0, 0.05) is 23.6 Å². The number of likely N-dealkylation sites (tertiary alicyclic amines) is 1. The van der Waals surface area contributed by atoms with Crippen LogP contribution in [0.3, 0.4) is 0 Å². The smallest absolute Gasteiger partial charge is 0.310 e. The number of ether oxygens (including phenoxy) is 1. The molecule has 1 fully saturated rings. The van der Waals surface area contributed by atoms with Gasteiger partial charge in [0.1, 0.15) is 0 Å². The fraction of sp³-hybridized carbons (Fsp3) is 0.375. The molecule has 0 aliphatic carbocycles. The number of carbonyl (C=O) groups is 2. The maximum atomic E-state index is 12.2. The minimum atomic E-state index is -0.232. The van der Waals surface area contributed by atoms with Gasteiger partial charge in [-0.15, -0.1) is 0 Å². The SMILES string of the molecule is COC(=O)C1CCCN(C(=O)/C=C/c2ccc(Br)cc2)C1. The van der Waals surface area contributed by atoms with E-state index in [1.807, 2.05) is 24.3 Å². The number of esters is 1. The quantitative estimate of drug-likeness (QED) is 0.621. The molecule has 1 aliphatic rings. The van der Waals surface area contributed by atoms with Gasteiger partial charge in [0.15, 0.2) is 0 Å². The van der Waals surface area contributed by atoms with Crippen LogP contribution in [-0.4, -0.2) is 37.0 Å². The van der Waals surface area contributed by atoms with E-state index < -0.39 is 0 Å². The zero-order valence-electron chi connectivity index (χ0n) is 11.9. The van der Waals surface area contributed by atoms with E-state index in [1.54, 1.807) is 17.1 Å². The molecule has 1 saturated heterocycles. The molecule has 1 aromatic rings. The van der Waals surface area contributed by atoms with Gasteiger partial charge in [-0.1, -0.05) is 28.1 Å². The topological polar surface area (TPSA) is 46.6 Å². The first-order valence-electron chi connectivity index (χ1n) is 6.90. The second-order valence-electron chi connectivity index (χ2n) is 5.03. The first-order valence-corrected chi connectivity index (χ1v) is 7.70. The van der Waals surface area contributed by atoms with E-state index in [0.717, 1.165) is 22.9 Å². The summed E-state index contributed by atoms with van der Waals surface area (Å²) in [5, 5.41) is 0. The summed E-state index contributed by atoms with van der Waals surface area (Å²) in [6, 6.07) is 7.72. The summed E-state index contributed by atoms with van der Waals surface area (Å²) in [5.74, 6) is -0.496. The predicted molar refractivity (Wildman–Crippen MR) is 84.5 cm³/mol. The molecule has 4 nitrogen and oxygen atoms in total. The number of nitrogens with zero attached hydrogens (tertiary/aromatic N) is 1. The second kappa shape index (κ2) is 7.41. The van der Waals surface area contributed by atoms with Gasteiger partial charge in [-0.25, -0.2) is 0 Å². The minimum absolute atomic E-state index is 0.0634. The number of benzene rings is 1. The van der Waals surface area contributed by atoms with Crippen molar-refractivity contribution in [2.75, 3.05) is 20.2 Å². The lowest BCUT2D eigenvalue weighted by molar-refractivity contribution is -0.148. The molecule has 0 bridgehead atoms. The normalized spacial score (nSPS) is 18.8. The molecule has 21 heavy (non-hydrogen) atoms. The highest BCUT2D eigenvalue weighted by Crippen LogP contribution is 2.18. The lowest BCUT2D eigenvalue weighted by atomic mass is 9.98. The van der Waals surface area contributed by atoms with Crippen LogP contribution in [0.5, 0.6) is 0 Å². The van der Waals surface area contributed by atoms with Crippen molar-refractivity contribution in [1.29, 1.82) is 0 Å². The first kappa shape index (κ1) is 15.8. The van der Waals surface area contributed by atoms with Crippen molar-refractivity contribution >= 4 is 33.9 Å². The Kier molecular flexibility index (Phi) is 5.56. The van der Waals surface area contributed by atoms with E-state index in [-0.39, 0.29) is 17.8 Å². The van der Waals surface area contributed by atoms with Crippen LogP contribution in [0.1, 0.15) is 18.4 Å². The average molecular weight is 352 g/mol. The summed E-state index contributed by atoms with van der Waals surface area (Å²) < 4.78 is 5.76. The Bertz CT molecular complexity index is 539. The molecule has 0 saturated carbocycles. The first-order chi connectivity index (χ1) is 10.1. The monoisotopic (exact) mass is 351 g/mol. The van der Waals surface area contributed by atoms with E-state index in [1.165, 1.54) is 7.11 Å². The molecule has 0 aromatic heterocycles. The van der Waals surface area contributed by atoms with Crippen molar-refractivity contribution in [3.8, 4) is 0 Å². The number of halogens is 1. The number of hydrogen-bond donors (Lipinski definition) is 0. The van der Waals surface area contributed by atoms with Crippen LogP contribution in [0.4, 0.5) is 0 Å². The summed E-state index contributed by atoms with van der Waals surface area (Å²) in [6.07, 6.45) is 4.96. The number of methoxy groups -OCH3 is 1. The molecule has 1 amide bonds. The van der Waals surface area contributed by atoms with Gasteiger partial charge < -0.3 is 9.64 Å². The Hall–Kier alpha value is -1.62. The third kappa shape index (κ3) is 4.43. The van der Waals surface area contributed by atoms with Gasteiger partial charge in [0.25, 0.3) is 0 Å². The van der Waals surface area contributed by atoms with E-state index in [4.69, 9.17) is 4.74 Å². The number of hydrogen-bond acceptors (Lipinski definition) is 3. The molecule has 1 aliphatic heterocycles. The summed E-state index contributed by atoms with van der Waals surface area (Å²) >= 11 is 3.37. The van der Waals surface area contributed by atoms with Crippen LogP contribution in [-0.2, 0) is 14.3 Å². The molecular formula is C16H18BrNO3. The Labute approximate surface area is 132 Å². The summed E-state index contributed by atoms with van der Waals surface area (Å²) in [4.78, 5) is 25.4. The number of piperidine rings is 1. The van der Waals surface area contributed by atoms with Crippen molar-refractivity contribution < 1.29 is 14.3 Å². The van der Waals surface area contributed by atoms with Crippen LogP contribution in [0.15, 0.2) is 34.8 Å². The van der Waals surface area contributed by atoms with Crippen LogP contribution >= 0.6 is 15.9 Å². The fourth-order valence-corrected chi connectivity index (χ4v) is 2.65. The maximum Gasteiger partial charge on any atom is 0.310 e. The van der Waals surface area contributed by atoms with Crippen LogP contribution in [0.25, 0.3) is 6.08 Å². The molecule has 112 valence electrons. The van der Waals surface area contributed by atoms with E-state index >= 15 is 0 Å². The van der Waals surface area contributed by atoms with Crippen molar-refractivity contribution in [3.05, 3.63) is 40.4 Å². The van der Waals surface area contributed by atoms with Gasteiger partial charge in [0.05, 0.1) is 13.0 Å². The highest BCUT2D eigenvalue weighted by Gasteiger charge is 2.27. The zero-order valence-corrected chi connectivity index (χ0v) is 13.5.